The van der Waals surface area contributed by atoms with Crippen molar-refractivity contribution in [3.05, 3.63) is 10.7 Å². The van der Waals surface area contributed by atoms with E-state index in [2.05, 4.69) is 36.5 Å². The smallest absolute Gasteiger partial charge is 0.224 e. The SMILES string of the molecule is CNc1ncc(Br)c(NC2CCC(=O)N(C)C2)n1. The number of nitrogens with zero attached hydrogens (tertiary/aromatic N) is 3. The van der Waals surface area contributed by atoms with Gasteiger partial charge in [-0.2, -0.15) is 4.98 Å². The fourth-order valence-corrected chi connectivity index (χ4v) is 2.22. The number of hydrogen-bond acceptors (Lipinski definition) is 5. The zero-order chi connectivity index (χ0) is 13.1. The second-order valence-corrected chi connectivity index (χ2v) is 5.15. The average molecular weight is 314 g/mol. The Balaban J connectivity index is 2.07. The van der Waals surface area contributed by atoms with Gasteiger partial charge in [0.1, 0.15) is 5.82 Å². The Morgan fingerprint density at radius 1 is 1.56 bits per heavy atom. The predicted octanol–water partition coefficient (Wildman–Crippen LogP) is 1.31. The molecule has 1 aliphatic rings. The van der Waals surface area contributed by atoms with Gasteiger partial charge in [0.05, 0.1) is 4.47 Å². The maximum Gasteiger partial charge on any atom is 0.224 e. The van der Waals surface area contributed by atoms with E-state index in [9.17, 15) is 4.79 Å². The van der Waals surface area contributed by atoms with Crippen molar-refractivity contribution in [1.29, 1.82) is 0 Å². The minimum absolute atomic E-state index is 0.200. The molecule has 18 heavy (non-hydrogen) atoms. The maximum absolute atomic E-state index is 11.4. The van der Waals surface area contributed by atoms with Crippen molar-refractivity contribution in [2.45, 2.75) is 18.9 Å². The molecule has 7 heteroatoms. The van der Waals surface area contributed by atoms with E-state index in [0.29, 0.717) is 18.9 Å². The average Bonchev–Trinajstić information content (AvgIpc) is 2.36. The monoisotopic (exact) mass is 313 g/mol. The standard InChI is InChI=1S/C11H16BrN5O/c1-13-11-14-5-8(12)10(16-11)15-7-3-4-9(18)17(2)6-7/h5,7H,3-4,6H2,1-2H3,(H2,13,14,15,16). The number of piperidine rings is 1. The van der Waals surface area contributed by atoms with Crippen LogP contribution in [0.1, 0.15) is 12.8 Å². The van der Waals surface area contributed by atoms with Gasteiger partial charge in [0.15, 0.2) is 0 Å². The summed E-state index contributed by atoms with van der Waals surface area (Å²) in [7, 11) is 3.60. The number of likely N-dealkylation sites (tertiary alicyclic amines) is 1. The number of likely N-dealkylation sites (N-methyl/N-ethyl adjacent to an activating group) is 1. The Morgan fingerprint density at radius 3 is 3.00 bits per heavy atom. The maximum atomic E-state index is 11.4. The van der Waals surface area contributed by atoms with Gasteiger partial charge >= 0.3 is 0 Å². The van der Waals surface area contributed by atoms with Crippen LogP contribution in [0.2, 0.25) is 0 Å². The number of anilines is 2. The molecular weight excluding hydrogens is 298 g/mol. The summed E-state index contributed by atoms with van der Waals surface area (Å²) in [6, 6.07) is 0.226. The van der Waals surface area contributed by atoms with E-state index >= 15 is 0 Å². The molecular formula is C11H16BrN5O. The van der Waals surface area contributed by atoms with E-state index in [4.69, 9.17) is 0 Å². The van der Waals surface area contributed by atoms with E-state index in [-0.39, 0.29) is 11.9 Å². The molecule has 0 bridgehead atoms. The van der Waals surface area contributed by atoms with Crippen LogP contribution >= 0.6 is 15.9 Å². The summed E-state index contributed by atoms with van der Waals surface area (Å²) in [5, 5.41) is 6.24. The summed E-state index contributed by atoms with van der Waals surface area (Å²) < 4.78 is 0.820. The van der Waals surface area contributed by atoms with Crippen molar-refractivity contribution in [3.63, 3.8) is 0 Å². The normalized spacial score (nSPS) is 19.8. The van der Waals surface area contributed by atoms with Crippen LogP contribution < -0.4 is 10.6 Å². The van der Waals surface area contributed by atoms with Gasteiger partial charge in [-0.15, -0.1) is 0 Å². The molecule has 1 fully saturated rings. The summed E-state index contributed by atoms with van der Waals surface area (Å²) >= 11 is 3.42. The van der Waals surface area contributed by atoms with E-state index in [1.54, 1.807) is 18.1 Å². The molecule has 1 aromatic rings. The quantitative estimate of drug-likeness (QED) is 0.880. The molecule has 2 N–H and O–H groups in total. The Hall–Kier alpha value is -1.37. The molecule has 2 heterocycles. The first-order valence-electron chi connectivity index (χ1n) is 5.81. The molecule has 2 rings (SSSR count). The lowest BCUT2D eigenvalue weighted by Gasteiger charge is -2.30. The number of nitrogens with one attached hydrogen (secondary N) is 2. The zero-order valence-corrected chi connectivity index (χ0v) is 12.0. The van der Waals surface area contributed by atoms with Crippen molar-refractivity contribution in [2.75, 3.05) is 31.3 Å². The van der Waals surface area contributed by atoms with Crippen molar-refractivity contribution < 1.29 is 4.79 Å². The lowest BCUT2D eigenvalue weighted by Crippen LogP contribution is -2.43. The number of hydrogen-bond donors (Lipinski definition) is 2. The number of rotatable bonds is 3. The summed E-state index contributed by atoms with van der Waals surface area (Å²) in [4.78, 5) is 21.6. The van der Waals surface area contributed by atoms with Crippen LogP contribution in [0.25, 0.3) is 0 Å². The number of amides is 1. The summed E-state index contributed by atoms with van der Waals surface area (Å²) in [5.41, 5.74) is 0. The molecule has 1 saturated heterocycles. The van der Waals surface area contributed by atoms with Crippen LogP contribution in [0.15, 0.2) is 10.7 Å². The van der Waals surface area contributed by atoms with Crippen LogP contribution in [0.4, 0.5) is 11.8 Å². The highest BCUT2D eigenvalue weighted by Crippen LogP contribution is 2.23. The first-order valence-corrected chi connectivity index (χ1v) is 6.60. The van der Waals surface area contributed by atoms with Crippen LogP contribution in [-0.2, 0) is 4.79 Å². The van der Waals surface area contributed by atoms with Gasteiger partial charge in [-0.1, -0.05) is 0 Å². The Labute approximate surface area is 114 Å². The van der Waals surface area contributed by atoms with Crippen LogP contribution in [0.5, 0.6) is 0 Å². The highest BCUT2D eigenvalue weighted by molar-refractivity contribution is 9.10. The lowest BCUT2D eigenvalue weighted by molar-refractivity contribution is -0.132. The molecule has 0 spiro atoms. The molecule has 1 aliphatic heterocycles. The predicted molar refractivity (Wildman–Crippen MR) is 73.6 cm³/mol. The number of aromatic nitrogens is 2. The molecule has 1 aromatic heterocycles. The molecule has 98 valence electrons. The Bertz CT molecular complexity index is 453. The topological polar surface area (TPSA) is 70.2 Å². The van der Waals surface area contributed by atoms with Gasteiger partial charge in [-0.3, -0.25) is 4.79 Å². The zero-order valence-electron chi connectivity index (χ0n) is 10.4. The van der Waals surface area contributed by atoms with E-state index < -0.39 is 0 Å². The van der Waals surface area contributed by atoms with Gasteiger partial charge in [0.2, 0.25) is 11.9 Å². The second-order valence-electron chi connectivity index (χ2n) is 4.29. The molecule has 0 aliphatic carbocycles. The summed E-state index contributed by atoms with van der Waals surface area (Å²) in [5.74, 6) is 1.52. The molecule has 6 nitrogen and oxygen atoms in total. The largest absolute Gasteiger partial charge is 0.364 e. The summed E-state index contributed by atoms with van der Waals surface area (Å²) in [6.07, 6.45) is 3.11. The van der Waals surface area contributed by atoms with Crippen molar-refractivity contribution in [3.8, 4) is 0 Å². The first kappa shape index (κ1) is 13.1. The van der Waals surface area contributed by atoms with Gasteiger partial charge in [0, 0.05) is 39.3 Å². The molecule has 1 unspecified atom stereocenters. The van der Waals surface area contributed by atoms with Gasteiger partial charge < -0.3 is 15.5 Å². The highest BCUT2D eigenvalue weighted by Gasteiger charge is 2.23. The first-order chi connectivity index (χ1) is 8.60. The number of halogens is 1. The number of carbonyl (C=O) groups excluding carboxylic acids is 1. The van der Waals surface area contributed by atoms with Crippen LogP contribution in [0.3, 0.4) is 0 Å². The minimum atomic E-state index is 0.200. The van der Waals surface area contributed by atoms with Crippen molar-refractivity contribution in [2.24, 2.45) is 0 Å². The molecule has 0 radical (unpaired) electrons. The fraction of sp³-hybridized carbons (Fsp3) is 0.545. The third-order valence-corrected chi connectivity index (χ3v) is 3.52. The second kappa shape index (κ2) is 5.51. The van der Waals surface area contributed by atoms with Crippen LogP contribution in [-0.4, -0.2) is 47.5 Å². The molecule has 0 saturated carbocycles. The van der Waals surface area contributed by atoms with Gasteiger partial charge in [0.25, 0.3) is 0 Å². The fourth-order valence-electron chi connectivity index (χ4n) is 1.91. The van der Waals surface area contributed by atoms with E-state index in [1.165, 1.54) is 0 Å². The highest BCUT2D eigenvalue weighted by atomic mass is 79.9. The molecule has 0 aromatic carbocycles. The lowest BCUT2D eigenvalue weighted by atomic mass is 10.1. The Kier molecular flexibility index (Phi) is 4.00. The molecule has 1 amide bonds. The third-order valence-electron chi connectivity index (χ3n) is 2.94. The van der Waals surface area contributed by atoms with E-state index in [1.807, 2.05) is 7.05 Å². The minimum Gasteiger partial charge on any atom is -0.364 e. The van der Waals surface area contributed by atoms with Gasteiger partial charge in [-0.25, -0.2) is 4.98 Å². The van der Waals surface area contributed by atoms with E-state index in [0.717, 1.165) is 16.7 Å². The third kappa shape index (κ3) is 2.90. The van der Waals surface area contributed by atoms with Crippen LogP contribution in [0, 0.1) is 0 Å². The Morgan fingerprint density at radius 2 is 2.33 bits per heavy atom. The van der Waals surface area contributed by atoms with Crippen molar-refractivity contribution >= 4 is 33.6 Å². The van der Waals surface area contributed by atoms with Gasteiger partial charge in [-0.05, 0) is 22.4 Å². The number of carbonyl (C=O) groups is 1. The molecule has 1 atom stereocenters. The summed E-state index contributed by atoms with van der Waals surface area (Å²) in [6.45, 7) is 0.699. The van der Waals surface area contributed by atoms with Crippen molar-refractivity contribution in [1.82, 2.24) is 14.9 Å².